The molecule has 1 fully saturated rings. The lowest BCUT2D eigenvalue weighted by Gasteiger charge is -2.18. The second-order valence-electron chi connectivity index (χ2n) is 6.09. The first-order valence-electron chi connectivity index (χ1n) is 7.67. The van der Waals surface area contributed by atoms with Gasteiger partial charge in [-0.2, -0.15) is 0 Å². The number of fused-ring (bicyclic) bond motifs is 3. The summed E-state index contributed by atoms with van der Waals surface area (Å²) in [6.07, 6.45) is 0. The van der Waals surface area contributed by atoms with Crippen molar-refractivity contribution in [3.05, 3.63) is 65.7 Å². The molecule has 1 heterocycles. The fourth-order valence-corrected chi connectivity index (χ4v) is 4.10. The maximum absolute atomic E-state index is 12.5. The van der Waals surface area contributed by atoms with Crippen LogP contribution in [0.3, 0.4) is 0 Å². The van der Waals surface area contributed by atoms with Crippen molar-refractivity contribution in [1.82, 2.24) is 0 Å². The van der Waals surface area contributed by atoms with Crippen LogP contribution in [0.5, 0.6) is 5.75 Å². The SMILES string of the molecule is CCOC(=O)[C@H]1[C@]2(C)c3ccccc3O[C@]12c1ccccc1. The average Bonchev–Trinajstić information content (AvgIpc) is 2.99. The third-order valence-corrected chi connectivity index (χ3v) is 5.11. The number of benzene rings is 2. The normalized spacial score (nSPS) is 30.9. The van der Waals surface area contributed by atoms with Crippen molar-refractivity contribution in [2.24, 2.45) is 5.92 Å². The molecular weight excluding hydrogens is 276 g/mol. The molecule has 2 aromatic carbocycles. The van der Waals surface area contributed by atoms with Crippen LogP contribution in [0.25, 0.3) is 0 Å². The molecule has 3 nitrogen and oxygen atoms in total. The fourth-order valence-electron chi connectivity index (χ4n) is 4.10. The highest BCUT2D eigenvalue weighted by atomic mass is 16.6. The molecule has 0 aromatic heterocycles. The second kappa shape index (κ2) is 4.35. The standard InChI is InChI=1S/C19H18O3/c1-3-21-17(20)16-18(2)14-11-7-8-12-15(14)22-19(16,18)13-9-5-4-6-10-13/h4-12,16H,3H2,1-2H3/t16-,18-,19+/m0/s1. The molecule has 1 saturated carbocycles. The van der Waals surface area contributed by atoms with Gasteiger partial charge in [0, 0.05) is 5.56 Å². The van der Waals surface area contributed by atoms with E-state index in [9.17, 15) is 4.79 Å². The monoisotopic (exact) mass is 294 g/mol. The van der Waals surface area contributed by atoms with Crippen LogP contribution in [0.1, 0.15) is 25.0 Å². The van der Waals surface area contributed by atoms with E-state index in [1.54, 1.807) is 0 Å². The van der Waals surface area contributed by atoms with Crippen LogP contribution in [-0.2, 0) is 20.5 Å². The number of hydrogen-bond acceptors (Lipinski definition) is 3. The molecule has 1 aliphatic heterocycles. The van der Waals surface area contributed by atoms with E-state index in [-0.39, 0.29) is 17.3 Å². The Hall–Kier alpha value is -2.29. The third kappa shape index (κ3) is 1.39. The highest BCUT2D eigenvalue weighted by molar-refractivity contribution is 5.86. The molecule has 0 radical (unpaired) electrons. The van der Waals surface area contributed by atoms with Gasteiger partial charge in [-0.05, 0) is 18.6 Å². The van der Waals surface area contributed by atoms with Gasteiger partial charge in [-0.25, -0.2) is 0 Å². The maximum Gasteiger partial charge on any atom is 0.314 e. The molecule has 3 heteroatoms. The minimum absolute atomic E-state index is 0.177. The van der Waals surface area contributed by atoms with Gasteiger partial charge in [-0.1, -0.05) is 55.5 Å². The zero-order valence-electron chi connectivity index (χ0n) is 12.7. The van der Waals surface area contributed by atoms with Crippen molar-refractivity contribution in [1.29, 1.82) is 0 Å². The molecule has 0 amide bonds. The Kier molecular flexibility index (Phi) is 2.65. The molecule has 22 heavy (non-hydrogen) atoms. The first-order chi connectivity index (χ1) is 10.7. The average molecular weight is 294 g/mol. The molecule has 2 aromatic rings. The van der Waals surface area contributed by atoms with Gasteiger partial charge in [0.2, 0.25) is 0 Å². The van der Waals surface area contributed by atoms with E-state index in [0.29, 0.717) is 6.61 Å². The van der Waals surface area contributed by atoms with Gasteiger partial charge in [0.1, 0.15) is 11.7 Å². The first kappa shape index (κ1) is 13.4. The van der Waals surface area contributed by atoms with Gasteiger partial charge in [-0.3, -0.25) is 4.79 Å². The number of rotatable bonds is 3. The third-order valence-electron chi connectivity index (χ3n) is 5.11. The largest absolute Gasteiger partial charge is 0.480 e. The number of hydrogen-bond donors (Lipinski definition) is 0. The number of ether oxygens (including phenoxy) is 2. The van der Waals surface area contributed by atoms with Gasteiger partial charge in [0.25, 0.3) is 0 Å². The van der Waals surface area contributed by atoms with Crippen LogP contribution in [0.2, 0.25) is 0 Å². The zero-order chi connectivity index (χ0) is 15.4. The topological polar surface area (TPSA) is 35.5 Å². The van der Waals surface area contributed by atoms with Crippen molar-refractivity contribution in [3.63, 3.8) is 0 Å². The number of carbonyl (C=O) groups excluding carboxylic acids is 1. The number of para-hydroxylation sites is 1. The van der Waals surface area contributed by atoms with Gasteiger partial charge < -0.3 is 9.47 Å². The lowest BCUT2D eigenvalue weighted by molar-refractivity contribution is -0.146. The molecular formula is C19H18O3. The Morgan fingerprint density at radius 2 is 1.82 bits per heavy atom. The summed E-state index contributed by atoms with van der Waals surface area (Å²) < 4.78 is 11.6. The first-order valence-corrected chi connectivity index (χ1v) is 7.67. The molecule has 0 bridgehead atoms. The molecule has 0 spiro atoms. The molecule has 3 atom stereocenters. The van der Waals surface area contributed by atoms with Crippen LogP contribution in [0.15, 0.2) is 54.6 Å². The predicted octanol–water partition coefficient (Wildman–Crippen LogP) is 3.43. The van der Waals surface area contributed by atoms with E-state index < -0.39 is 5.60 Å². The lowest BCUT2D eigenvalue weighted by Crippen LogP contribution is -2.23. The minimum atomic E-state index is -0.635. The van der Waals surface area contributed by atoms with Crippen LogP contribution < -0.4 is 4.74 Å². The molecule has 0 saturated heterocycles. The van der Waals surface area contributed by atoms with Crippen LogP contribution in [0.4, 0.5) is 0 Å². The second-order valence-corrected chi connectivity index (χ2v) is 6.09. The highest BCUT2D eigenvalue weighted by Crippen LogP contribution is 2.75. The summed E-state index contributed by atoms with van der Waals surface area (Å²) in [5.41, 5.74) is 1.13. The predicted molar refractivity (Wildman–Crippen MR) is 82.7 cm³/mol. The number of esters is 1. The van der Waals surface area contributed by atoms with Crippen LogP contribution >= 0.6 is 0 Å². The van der Waals surface area contributed by atoms with Crippen LogP contribution in [0, 0.1) is 5.92 Å². The Balaban J connectivity index is 1.87. The van der Waals surface area contributed by atoms with Gasteiger partial charge in [0.15, 0.2) is 5.60 Å². The quantitative estimate of drug-likeness (QED) is 0.814. The lowest BCUT2D eigenvalue weighted by atomic mass is 9.92. The Morgan fingerprint density at radius 1 is 1.14 bits per heavy atom. The Morgan fingerprint density at radius 3 is 2.55 bits per heavy atom. The summed E-state index contributed by atoms with van der Waals surface area (Å²) in [7, 11) is 0. The molecule has 112 valence electrons. The van der Waals surface area contributed by atoms with Gasteiger partial charge >= 0.3 is 5.97 Å². The smallest absolute Gasteiger partial charge is 0.314 e. The van der Waals surface area contributed by atoms with Gasteiger partial charge in [0.05, 0.1) is 12.0 Å². The molecule has 1 aliphatic carbocycles. The summed E-state index contributed by atoms with van der Waals surface area (Å²) in [4.78, 5) is 12.5. The van der Waals surface area contributed by atoms with Crippen molar-refractivity contribution in [3.8, 4) is 5.75 Å². The number of carbonyl (C=O) groups is 1. The summed E-state index contributed by atoms with van der Waals surface area (Å²) in [5, 5.41) is 0. The van der Waals surface area contributed by atoms with E-state index in [4.69, 9.17) is 9.47 Å². The molecule has 0 unspecified atom stereocenters. The summed E-state index contributed by atoms with van der Waals surface area (Å²) in [5.74, 6) is 0.398. The van der Waals surface area contributed by atoms with Crippen molar-refractivity contribution >= 4 is 5.97 Å². The summed E-state index contributed by atoms with van der Waals surface area (Å²) in [6.45, 7) is 4.33. The van der Waals surface area contributed by atoms with Crippen molar-refractivity contribution < 1.29 is 14.3 Å². The van der Waals surface area contributed by atoms with Crippen LogP contribution in [-0.4, -0.2) is 12.6 Å². The highest BCUT2D eigenvalue weighted by Gasteiger charge is 2.85. The van der Waals surface area contributed by atoms with Crippen molar-refractivity contribution in [2.75, 3.05) is 6.61 Å². The van der Waals surface area contributed by atoms with E-state index in [1.807, 2.05) is 55.5 Å². The molecule has 2 aliphatic rings. The van der Waals surface area contributed by atoms with E-state index >= 15 is 0 Å². The zero-order valence-corrected chi connectivity index (χ0v) is 12.7. The maximum atomic E-state index is 12.5. The minimum Gasteiger partial charge on any atom is -0.480 e. The molecule has 0 N–H and O–H groups in total. The van der Waals surface area contributed by atoms with Crippen molar-refractivity contribution in [2.45, 2.75) is 24.9 Å². The Bertz CT molecular complexity index is 739. The summed E-state index contributed by atoms with van der Waals surface area (Å²) in [6, 6.07) is 18.0. The van der Waals surface area contributed by atoms with E-state index in [2.05, 4.69) is 13.0 Å². The summed E-state index contributed by atoms with van der Waals surface area (Å²) >= 11 is 0. The molecule has 4 rings (SSSR count). The van der Waals surface area contributed by atoms with E-state index in [0.717, 1.165) is 16.9 Å². The fraction of sp³-hybridized carbons (Fsp3) is 0.316. The van der Waals surface area contributed by atoms with Gasteiger partial charge in [-0.15, -0.1) is 0 Å². The van der Waals surface area contributed by atoms with E-state index in [1.165, 1.54) is 0 Å². The Labute approximate surface area is 129 Å².